The van der Waals surface area contributed by atoms with Crippen molar-refractivity contribution in [3.05, 3.63) is 92.3 Å². The monoisotopic (exact) mass is 510 g/mol. The van der Waals surface area contributed by atoms with Crippen molar-refractivity contribution in [2.24, 2.45) is 11.8 Å². The van der Waals surface area contributed by atoms with Crippen LogP contribution in [-0.2, 0) is 31.2 Å². The van der Waals surface area contributed by atoms with Gasteiger partial charge in [0, 0.05) is 11.4 Å². The maximum atomic E-state index is 13.8. The number of fused-ring (bicyclic) bond motifs is 9. The lowest BCUT2D eigenvalue weighted by molar-refractivity contribution is 0.106. The van der Waals surface area contributed by atoms with Crippen LogP contribution in [0.1, 0.15) is 65.7 Å². The summed E-state index contributed by atoms with van der Waals surface area (Å²) in [5.74, 6) is 2.89. The molecule has 5 heteroatoms. The Morgan fingerprint density at radius 3 is 2.86 bits per heavy atom. The molecule has 3 aliphatic carbocycles. The number of nitrogens with zero attached hydrogens (tertiary/aromatic N) is 2. The first-order valence-electron chi connectivity index (χ1n) is 13.8. The van der Waals surface area contributed by atoms with Gasteiger partial charge in [0.25, 0.3) is 5.56 Å². The number of benzene rings is 2. The molecule has 0 radical (unpaired) electrons. The molecule has 2 aromatic heterocycles. The van der Waals surface area contributed by atoms with E-state index in [1.54, 1.807) is 30.3 Å². The molecule has 0 saturated heterocycles. The van der Waals surface area contributed by atoms with Crippen molar-refractivity contribution < 1.29 is 4.74 Å². The summed E-state index contributed by atoms with van der Waals surface area (Å²) in [4.78, 5) is 21.0. The molecule has 2 aromatic carbocycles. The normalized spacial score (nSPS) is 25.8. The molecular weight excluding hydrogens is 476 g/mol. The molecule has 0 amide bonds. The van der Waals surface area contributed by atoms with Gasteiger partial charge in [-0.3, -0.25) is 9.36 Å². The van der Waals surface area contributed by atoms with E-state index in [9.17, 15) is 4.79 Å². The Kier molecular flexibility index (Phi) is 5.54. The van der Waals surface area contributed by atoms with Crippen molar-refractivity contribution in [3.8, 4) is 5.75 Å². The molecule has 0 bridgehead atoms. The molecule has 0 N–H and O–H groups in total. The van der Waals surface area contributed by atoms with Gasteiger partial charge in [-0.05, 0) is 103 Å². The van der Waals surface area contributed by atoms with Crippen LogP contribution in [0, 0.1) is 11.8 Å². The van der Waals surface area contributed by atoms with Crippen LogP contribution in [-0.4, -0.2) is 16.7 Å². The maximum absolute atomic E-state index is 13.8. The second kappa shape index (κ2) is 8.83. The van der Waals surface area contributed by atoms with Crippen molar-refractivity contribution in [2.45, 2.75) is 69.7 Å². The highest BCUT2D eigenvalue weighted by atomic mass is 32.1. The Bertz CT molecular complexity index is 1540. The lowest BCUT2D eigenvalue weighted by Gasteiger charge is -2.49. The van der Waals surface area contributed by atoms with Gasteiger partial charge in [-0.1, -0.05) is 43.3 Å². The highest BCUT2D eigenvalue weighted by Gasteiger charge is 2.54. The fourth-order valence-electron chi connectivity index (χ4n) is 7.97. The van der Waals surface area contributed by atoms with E-state index in [1.165, 1.54) is 34.4 Å². The van der Waals surface area contributed by atoms with E-state index in [-0.39, 0.29) is 11.0 Å². The second-order valence-electron chi connectivity index (χ2n) is 11.6. The smallest absolute Gasteiger partial charge is 0.262 e. The topological polar surface area (TPSA) is 44.1 Å². The Balaban J connectivity index is 1.19. The van der Waals surface area contributed by atoms with E-state index < -0.39 is 0 Å². The van der Waals surface area contributed by atoms with Crippen molar-refractivity contribution in [2.75, 3.05) is 7.11 Å². The number of methoxy groups -OCH3 is 1. The van der Waals surface area contributed by atoms with Crippen LogP contribution in [0.25, 0.3) is 10.2 Å². The van der Waals surface area contributed by atoms with Gasteiger partial charge in [-0.15, -0.1) is 11.3 Å². The zero-order chi connectivity index (χ0) is 25.1. The number of thiophene rings is 1. The molecule has 4 atom stereocenters. The third-order valence-corrected chi connectivity index (χ3v) is 10.9. The standard InChI is InChI=1S/C32H34N2O2S/c1-32-15-14-24-23-13-11-22(36-2)17-21(23)10-12-25(24)26(32)18-27-29(32)28-30(37-27)33-19-34(31(28)35)16-6-9-20-7-4-3-5-8-20/h3-5,7-8,11,13,17,19,24-26H,6,9-10,12,14-16,18H2,1-2H3/t24-,25-,26-,32-/m1/s1. The molecule has 7 rings (SSSR count). The summed E-state index contributed by atoms with van der Waals surface area (Å²) in [6.07, 6.45) is 9.51. The molecule has 0 unspecified atom stereocenters. The van der Waals surface area contributed by atoms with Crippen LogP contribution in [0.2, 0.25) is 0 Å². The fraction of sp³-hybridized carbons (Fsp3) is 0.438. The first kappa shape index (κ1) is 23.2. The summed E-state index contributed by atoms with van der Waals surface area (Å²) in [5, 5.41) is 0.923. The summed E-state index contributed by atoms with van der Waals surface area (Å²) in [5.41, 5.74) is 5.93. The summed E-state index contributed by atoms with van der Waals surface area (Å²) >= 11 is 1.78. The van der Waals surface area contributed by atoms with E-state index in [2.05, 4.69) is 49.4 Å². The number of aryl methyl sites for hydroxylation is 3. The summed E-state index contributed by atoms with van der Waals surface area (Å²) in [6, 6.07) is 17.2. The van der Waals surface area contributed by atoms with Crippen molar-refractivity contribution >= 4 is 21.6 Å². The quantitative estimate of drug-likeness (QED) is 0.301. The minimum atomic E-state index is 0.0722. The van der Waals surface area contributed by atoms with Crippen LogP contribution < -0.4 is 10.3 Å². The van der Waals surface area contributed by atoms with Gasteiger partial charge in [0.15, 0.2) is 0 Å². The van der Waals surface area contributed by atoms with Crippen LogP contribution in [0.15, 0.2) is 59.7 Å². The predicted molar refractivity (Wildman–Crippen MR) is 150 cm³/mol. The number of rotatable bonds is 5. The average molecular weight is 511 g/mol. The molecule has 4 aromatic rings. The van der Waals surface area contributed by atoms with E-state index in [4.69, 9.17) is 9.72 Å². The largest absolute Gasteiger partial charge is 0.497 e. The van der Waals surface area contributed by atoms with Crippen molar-refractivity contribution in [3.63, 3.8) is 0 Å². The third kappa shape index (κ3) is 3.61. The summed E-state index contributed by atoms with van der Waals surface area (Å²) in [6.45, 7) is 3.17. The van der Waals surface area contributed by atoms with Gasteiger partial charge in [0.2, 0.25) is 0 Å². The minimum absolute atomic E-state index is 0.0722. The Morgan fingerprint density at radius 2 is 2.03 bits per heavy atom. The van der Waals surface area contributed by atoms with Gasteiger partial charge in [-0.2, -0.15) is 0 Å². The lowest BCUT2D eigenvalue weighted by atomic mass is 9.55. The molecular formula is C32H34N2O2S. The Labute approximate surface area is 222 Å². The molecule has 1 fully saturated rings. The Hall–Kier alpha value is -2.92. The zero-order valence-electron chi connectivity index (χ0n) is 21.7. The molecule has 4 nitrogen and oxygen atoms in total. The lowest BCUT2D eigenvalue weighted by Crippen LogP contribution is -2.43. The van der Waals surface area contributed by atoms with E-state index in [0.717, 1.165) is 48.1 Å². The van der Waals surface area contributed by atoms with Crippen LogP contribution in [0.5, 0.6) is 5.75 Å². The second-order valence-corrected chi connectivity index (χ2v) is 12.6. The van der Waals surface area contributed by atoms with E-state index in [1.807, 2.05) is 10.6 Å². The van der Waals surface area contributed by atoms with Gasteiger partial charge in [-0.25, -0.2) is 4.98 Å². The number of hydrogen-bond acceptors (Lipinski definition) is 4. The van der Waals surface area contributed by atoms with Crippen molar-refractivity contribution in [1.29, 1.82) is 0 Å². The fourth-order valence-corrected chi connectivity index (χ4v) is 9.30. The average Bonchev–Trinajstić information content (AvgIpc) is 3.44. The van der Waals surface area contributed by atoms with Crippen LogP contribution >= 0.6 is 11.3 Å². The van der Waals surface area contributed by atoms with Gasteiger partial charge in [0.05, 0.1) is 18.8 Å². The van der Waals surface area contributed by atoms with Crippen LogP contribution in [0.4, 0.5) is 0 Å². The predicted octanol–water partition coefficient (Wildman–Crippen LogP) is 6.67. The highest BCUT2D eigenvalue weighted by Crippen LogP contribution is 2.62. The number of hydrogen-bond donors (Lipinski definition) is 0. The minimum Gasteiger partial charge on any atom is -0.497 e. The third-order valence-electron chi connectivity index (χ3n) is 9.76. The van der Waals surface area contributed by atoms with Gasteiger partial charge < -0.3 is 4.74 Å². The molecule has 37 heavy (non-hydrogen) atoms. The van der Waals surface area contributed by atoms with Gasteiger partial charge >= 0.3 is 0 Å². The number of aromatic nitrogens is 2. The molecule has 190 valence electrons. The zero-order valence-corrected chi connectivity index (χ0v) is 22.5. The summed E-state index contributed by atoms with van der Waals surface area (Å²) < 4.78 is 7.37. The first-order valence-corrected chi connectivity index (χ1v) is 14.6. The molecule has 3 aliphatic rings. The van der Waals surface area contributed by atoms with E-state index in [0.29, 0.717) is 24.3 Å². The molecule has 1 saturated carbocycles. The molecule has 2 heterocycles. The SMILES string of the molecule is COc1ccc2c(c1)CC[C@@H]1[C@@H]2CC[C@@]2(C)c3c(sc4ncn(CCCc5ccccc5)c(=O)c34)C[C@H]12. The molecule has 0 aliphatic heterocycles. The number of ether oxygens (including phenoxy) is 1. The summed E-state index contributed by atoms with van der Waals surface area (Å²) in [7, 11) is 1.76. The van der Waals surface area contributed by atoms with Crippen LogP contribution in [0.3, 0.4) is 0 Å². The highest BCUT2D eigenvalue weighted by molar-refractivity contribution is 7.18. The van der Waals surface area contributed by atoms with Crippen molar-refractivity contribution in [1.82, 2.24) is 9.55 Å². The molecule has 0 spiro atoms. The Morgan fingerprint density at radius 1 is 1.16 bits per heavy atom. The van der Waals surface area contributed by atoms with Gasteiger partial charge in [0.1, 0.15) is 10.6 Å². The first-order chi connectivity index (χ1) is 18.1. The maximum Gasteiger partial charge on any atom is 0.262 e. The van der Waals surface area contributed by atoms with E-state index >= 15 is 0 Å².